The number of aromatic nitrogens is 1. The Morgan fingerprint density at radius 2 is 1.11 bits per heavy atom. The first-order valence-electron chi connectivity index (χ1n) is 19.0. The average molecular weight is 682 g/mol. The molecule has 0 amide bonds. The van der Waals surface area contributed by atoms with Gasteiger partial charge in [0.1, 0.15) is 6.17 Å². The zero-order valence-corrected chi connectivity index (χ0v) is 30.4. The van der Waals surface area contributed by atoms with Crippen LogP contribution in [0.15, 0.2) is 152 Å². The summed E-state index contributed by atoms with van der Waals surface area (Å²) < 4.78 is 2.53. The van der Waals surface area contributed by atoms with Gasteiger partial charge in [0.15, 0.2) is 0 Å². The van der Waals surface area contributed by atoms with E-state index in [0.717, 1.165) is 0 Å². The molecular formula is C50H39N3. The largest absolute Gasteiger partial charge is 0.309 e. The fourth-order valence-electron chi connectivity index (χ4n) is 10.7. The molecule has 4 aliphatic rings. The van der Waals surface area contributed by atoms with E-state index in [4.69, 9.17) is 0 Å². The molecular weight excluding hydrogens is 643 g/mol. The maximum atomic E-state index is 2.59. The third-order valence-electron chi connectivity index (χ3n) is 13.1. The smallest absolute Gasteiger partial charge is 0.141 e. The highest BCUT2D eigenvalue weighted by Crippen LogP contribution is 2.61. The van der Waals surface area contributed by atoms with Crippen LogP contribution in [-0.2, 0) is 10.8 Å². The molecule has 254 valence electrons. The molecule has 2 unspecified atom stereocenters. The summed E-state index contributed by atoms with van der Waals surface area (Å²) in [6.45, 7) is 9.55. The Kier molecular flexibility index (Phi) is 5.56. The summed E-state index contributed by atoms with van der Waals surface area (Å²) in [4.78, 5) is 0. The monoisotopic (exact) mass is 681 g/mol. The van der Waals surface area contributed by atoms with Gasteiger partial charge in [-0.2, -0.15) is 5.01 Å². The zero-order valence-electron chi connectivity index (χ0n) is 30.4. The highest BCUT2D eigenvalue weighted by molar-refractivity contribution is 6.13. The van der Waals surface area contributed by atoms with Gasteiger partial charge in [-0.1, -0.05) is 155 Å². The van der Waals surface area contributed by atoms with E-state index in [1.807, 2.05) is 0 Å². The molecule has 0 spiro atoms. The molecule has 2 aliphatic carbocycles. The molecule has 0 radical (unpaired) electrons. The second kappa shape index (κ2) is 9.95. The number of benzene rings is 7. The number of fused-ring (bicyclic) bond motifs is 13. The molecule has 12 rings (SSSR count). The Labute approximate surface area is 310 Å². The van der Waals surface area contributed by atoms with Gasteiger partial charge < -0.3 is 4.57 Å². The van der Waals surface area contributed by atoms with E-state index in [9.17, 15) is 0 Å². The van der Waals surface area contributed by atoms with Crippen LogP contribution in [0, 0.1) is 0 Å². The van der Waals surface area contributed by atoms with Crippen molar-refractivity contribution >= 4 is 27.5 Å². The van der Waals surface area contributed by atoms with Crippen LogP contribution in [0.25, 0.3) is 49.7 Å². The van der Waals surface area contributed by atoms with Crippen molar-refractivity contribution in [2.24, 2.45) is 0 Å². The van der Waals surface area contributed by atoms with Gasteiger partial charge in [-0.3, -0.25) is 5.01 Å². The van der Waals surface area contributed by atoms with Crippen molar-refractivity contribution in [3.8, 4) is 27.9 Å². The van der Waals surface area contributed by atoms with Crippen LogP contribution in [0.1, 0.15) is 78.8 Å². The SMILES string of the molecule is CC1(C)c2ccccc2-c2ccc(C3c4ccccc4N4C(c5ccc(-n6c7ccccc7c7ccc8c(c76)C(C)(C)c6ccccc6-8)cc5)[N@]34)cc21. The second-order valence-electron chi connectivity index (χ2n) is 16.5. The Bertz CT molecular complexity index is 2870. The minimum atomic E-state index is -0.110. The van der Waals surface area contributed by atoms with E-state index in [1.54, 1.807) is 0 Å². The lowest BCUT2D eigenvalue weighted by Crippen LogP contribution is -2.16. The molecule has 2 aliphatic heterocycles. The van der Waals surface area contributed by atoms with E-state index >= 15 is 0 Å². The Hall–Kier alpha value is -5.90. The standard InChI is InChI=1S/C50H39N3/c1-49(2)40-17-9-5-13-33(40)35-26-23-31(29-42(35)49)46-39-16-8-12-20-44(39)52-48(53(46)52)30-21-24-32(25-22-30)51-43-19-11-7-15-36(43)38-28-27-37-34-14-6-10-18-41(34)50(3,4)45(37)47(38)51/h5-29,46,48H,1-4H3/t46?,48?,52?,53-/m0/s1. The van der Waals surface area contributed by atoms with Crippen molar-refractivity contribution in [2.45, 2.75) is 50.7 Å². The third-order valence-corrected chi connectivity index (χ3v) is 13.1. The predicted molar refractivity (Wildman–Crippen MR) is 218 cm³/mol. The maximum absolute atomic E-state index is 2.59. The van der Waals surface area contributed by atoms with Crippen LogP contribution in [0.5, 0.6) is 0 Å². The highest BCUT2D eigenvalue weighted by Gasteiger charge is 2.58. The van der Waals surface area contributed by atoms with E-state index in [2.05, 4.69) is 194 Å². The van der Waals surface area contributed by atoms with Gasteiger partial charge in [-0.05, 0) is 79.9 Å². The van der Waals surface area contributed by atoms with Crippen LogP contribution in [0.3, 0.4) is 0 Å². The number of rotatable bonds is 3. The molecule has 1 aromatic heterocycles. The van der Waals surface area contributed by atoms with Gasteiger partial charge >= 0.3 is 0 Å². The van der Waals surface area contributed by atoms with Gasteiger partial charge in [0, 0.05) is 32.9 Å². The molecule has 0 bridgehead atoms. The fraction of sp³-hybridized carbons (Fsp3) is 0.160. The Morgan fingerprint density at radius 1 is 0.491 bits per heavy atom. The summed E-state index contributed by atoms with van der Waals surface area (Å²) in [5.74, 6) is 0. The number of hydrazine groups is 1. The quantitative estimate of drug-likeness (QED) is 0.172. The van der Waals surface area contributed by atoms with Gasteiger partial charge in [0.25, 0.3) is 0 Å². The second-order valence-corrected chi connectivity index (χ2v) is 16.5. The number of anilines is 1. The lowest BCUT2D eigenvalue weighted by Gasteiger charge is -2.24. The van der Waals surface area contributed by atoms with Gasteiger partial charge in [0.05, 0.1) is 22.8 Å². The normalized spacial score (nSPS) is 20.5. The number of nitrogens with zero attached hydrogens (tertiary/aromatic N) is 3. The van der Waals surface area contributed by atoms with E-state index in [-0.39, 0.29) is 23.0 Å². The van der Waals surface area contributed by atoms with Crippen molar-refractivity contribution in [3.63, 3.8) is 0 Å². The minimum Gasteiger partial charge on any atom is -0.309 e. The van der Waals surface area contributed by atoms with Crippen molar-refractivity contribution < 1.29 is 0 Å². The molecule has 0 saturated carbocycles. The average Bonchev–Trinajstić information content (AvgIpc) is 3.44. The van der Waals surface area contributed by atoms with Crippen LogP contribution in [-0.4, -0.2) is 9.58 Å². The first-order chi connectivity index (χ1) is 25.8. The van der Waals surface area contributed by atoms with Crippen LogP contribution in [0.4, 0.5) is 5.69 Å². The summed E-state index contributed by atoms with van der Waals surface area (Å²) in [7, 11) is 0. The summed E-state index contributed by atoms with van der Waals surface area (Å²) in [6, 6.07) is 57.4. The fourth-order valence-corrected chi connectivity index (χ4v) is 10.7. The first-order valence-corrected chi connectivity index (χ1v) is 19.0. The van der Waals surface area contributed by atoms with Gasteiger partial charge in [-0.25, -0.2) is 0 Å². The lowest BCUT2D eigenvalue weighted by molar-refractivity contribution is 0.445. The highest BCUT2D eigenvalue weighted by atomic mass is 15.9. The summed E-state index contributed by atoms with van der Waals surface area (Å²) in [5.41, 5.74) is 20.2. The minimum absolute atomic E-state index is 0.0290. The van der Waals surface area contributed by atoms with Crippen molar-refractivity contribution in [1.82, 2.24) is 9.58 Å². The number of para-hydroxylation sites is 2. The van der Waals surface area contributed by atoms with Gasteiger partial charge in [-0.15, -0.1) is 0 Å². The molecule has 1 saturated heterocycles. The molecule has 7 aromatic carbocycles. The van der Waals surface area contributed by atoms with Crippen molar-refractivity contribution in [2.75, 3.05) is 5.01 Å². The first kappa shape index (κ1) is 29.7. The van der Waals surface area contributed by atoms with E-state index < -0.39 is 0 Å². The van der Waals surface area contributed by atoms with Crippen molar-refractivity contribution in [3.05, 3.63) is 191 Å². The van der Waals surface area contributed by atoms with Crippen LogP contribution in [0.2, 0.25) is 0 Å². The van der Waals surface area contributed by atoms with E-state index in [1.165, 1.54) is 94.4 Å². The summed E-state index contributed by atoms with van der Waals surface area (Å²) in [5, 5.41) is 7.71. The lowest BCUT2D eigenvalue weighted by atomic mass is 9.81. The van der Waals surface area contributed by atoms with Crippen LogP contribution >= 0.6 is 0 Å². The predicted octanol–water partition coefficient (Wildman–Crippen LogP) is 12.2. The molecule has 3 heterocycles. The number of hydrogen-bond acceptors (Lipinski definition) is 2. The Morgan fingerprint density at radius 3 is 1.92 bits per heavy atom. The number of hydrogen-bond donors (Lipinski definition) is 0. The molecule has 0 N–H and O–H groups in total. The molecule has 8 aromatic rings. The zero-order chi connectivity index (χ0) is 35.4. The molecule has 3 heteroatoms. The molecule has 53 heavy (non-hydrogen) atoms. The summed E-state index contributed by atoms with van der Waals surface area (Å²) >= 11 is 0. The third kappa shape index (κ3) is 3.68. The molecule has 3 nitrogen and oxygen atoms in total. The maximum Gasteiger partial charge on any atom is 0.141 e. The van der Waals surface area contributed by atoms with Crippen LogP contribution < -0.4 is 5.01 Å². The Balaban J connectivity index is 0.963. The van der Waals surface area contributed by atoms with E-state index in [0.29, 0.717) is 0 Å². The van der Waals surface area contributed by atoms with Crippen molar-refractivity contribution in [1.29, 1.82) is 0 Å². The topological polar surface area (TPSA) is 10.9 Å². The summed E-state index contributed by atoms with van der Waals surface area (Å²) in [6.07, 6.45) is 0.193. The molecule has 1 fully saturated rings. The molecule has 3 atom stereocenters. The van der Waals surface area contributed by atoms with Gasteiger partial charge in [0.2, 0.25) is 0 Å².